The van der Waals surface area contributed by atoms with Gasteiger partial charge in [-0.25, -0.2) is 9.97 Å². The standard InChI is InChI=1S/C11H10BrN5O/c12-7-1-4-10(15-5-7)16-11(18)9-3-2-8(17-13)6-14-9/h1-6,17H,13H2,(H,15,16,18). The van der Waals surface area contributed by atoms with Crippen LogP contribution in [0.5, 0.6) is 0 Å². The summed E-state index contributed by atoms with van der Waals surface area (Å²) in [6.07, 6.45) is 3.08. The molecule has 1 amide bonds. The van der Waals surface area contributed by atoms with Gasteiger partial charge in [-0.3, -0.25) is 10.6 Å². The Morgan fingerprint density at radius 1 is 1.17 bits per heavy atom. The fraction of sp³-hybridized carbons (Fsp3) is 0. The lowest BCUT2D eigenvalue weighted by atomic mass is 10.3. The van der Waals surface area contributed by atoms with Crippen molar-refractivity contribution in [1.29, 1.82) is 0 Å². The van der Waals surface area contributed by atoms with E-state index in [1.54, 1.807) is 30.5 Å². The van der Waals surface area contributed by atoms with E-state index in [2.05, 4.69) is 36.6 Å². The molecular formula is C11H10BrN5O. The average molecular weight is 308 g/mol. The highest BCUT2D eigenvalue weighted by Crippen LogP contribution is 2.11. The van der Waals surface area contributed by atoms with Crippen LogP contribution in [0.2, 0.25) is 0 Å². The lowest BCUT2D eigenvalue weighted by Crippen LogP contribution is -2.15. The molecule has 4 N–H and O–H groups in total. The van der Waals surface area contributed by atoms with Gasteiger partial charge in [-0.1, -0.05) is 0 Å². The SMILES string of the molecule is NNc1ccc(C(=O)Nc2ccc(Br)cn2)nc1. The van der Waals surface area contributed by atoms with E-state index in [1.807, 2.05) is 0 Å². The van der Waals surface area contributed by atoms with E-state index >= 15 is 0 Å². The van der Waals surface area contributed by atoms with E-state index in [-0.39, 0.29) is 5.91 Å². The third-order valence-corrected chi connectivity index (χ3v) is 2.60. The second kappa shape index (κ2) is 5.56. The molecule has 6 nitrogen and oxygen atoms in total. The van der Waals surface area contributed by atoms with Crippen LogP contribution >= 0.6 is 15.9 Å². The molecular weight excluding hydrogens is 298 g/mol. The number of carbonyl (C=O) groups excluding carboxylic acids is 1. The van der Waals surface area contributed by atoms with Crippen molar-refractivity contribution in [3.63, 3.8) is 0 Å². The first-order valence-electron chi connectivity index (χ1n) is 5.04. The predicted octanol–water partition coefficient (Wildman–Crippen LogP) is 1.78. The number of nitrogens with two attached hydrogens (primary N) is 1. The van der Waals surface area contributed by atoms with Crippen molar-refractivity contribution < 1.29 is 4.79 Å². The Morgan fingerprint density at radius 3 is 2.56 bits per heavy atom. The van der Waals surface area contributed by atoms with Crippen LogP contribution in [0, 0.1) is 0 Å². The van der Waals surface area contributed by atoms with Crippen molar-refractivity contribution in [3.8, 4) is 0 Å². The van der Waals surface area contributed by atoms with Gasteiger partial charge in [0.25, 0.3) is 5.91 Å². The molecule has 0 bridgehead atoms. The Balaban J connectivity index is 2.09. The fourth-order valence-electron chi connectivity index (χ4n) is 1.24. The number of nitrogen functional groups attached to an aromatic ring is 1. The van der Waals surface area contributed by atoms with Crippen molar-refractivity contribution in [3.05, 3.63) is 46.8 Å². The molecule has 2 rings (SSSR count). The largest absolute Gasteiger partial charge is 0.323 e. The minimum atomic E-state index is -0.326. The number of nitrogens with zero attached hydrogens (tertiary/aromatic N) is 2. The summed E-state index contributed by atoms with van der Waals surface area (Å²) in [7, 11) is 0. The van der Waals surface area contributed by atoms with Gasteiger partial charge >= 0.3 is 0 Å². The maximum Gasteiger partial charge on any atom is 0.275 e. The molecule has 0 fully saturated rings. The number of pyridine rings is 2. The first-order chi connectivity index (χ1) is 8.69. The zero-order valence-electron chi connectivity index (χ0n) is 9.22. The van der Waals surface area contributed by atoms with Gasteiger partial charge in [0.05, 0.1) is 11.9 Å². The highest BCUT2D eigenvalue weighted by atomic mass is 79.9. The molecule has 7 heteroatoms. The highest BCUT2D eigenvalue weighted by molar-refractivity contribution is 9.10. The summed E-state index contributed by atoms with van der Waals surface area (Å²) in [5, 5.41) is 2.64. The maximum atomic E-state index is 11.8. The molecule has 0 atom stereocenters. The zero-order valence-corrected chi connectivity index (χ0v) is 10.8. The van der Waals surface area contributed by atoms with Gasteiger partial charge in [0, 0.05) is 10.7 Å². The Kier molecular flexibility index (Phi) is 3.85. The summed E-state index contributed by atoms with van der Waals surface area (Å²) in [5.74, 6) is 5.35. The summed E-state index contributed by atoms with van der Waals surface area (Å²) in [6, 6.07) is 6.72. The van der Waals surface area contributed by atoms with Crippen LogP contribution < -0.4 is 16.6 Å². The predicted molar refractivity (Wildman–Crippen MR) is 71.9 cm³/mol. The second-order valence-corrected chi connectivity index (χ2v) is 4.31. The van der Waals surface area contributed by atoms with Gasteiger partial charge in [0.15, 0.2) is 0 Å². The Morgan fingerprint density at radius 2 is 2.00 bits per heavy atom. The fourth-order valence-corrected chi connectivity index (χ4v) is 1.48. The van der Waals surface area contributed by atoms with Crippen LogP contribution in [0.4, 0.5) is 11.5 Å². The third kappa shape index (κ3) is 3.02. The molecule has 2 heterocycles. The number of anilines is 2. The minimum absolute atomic E-state index is 0.290. The molecule has 0 aromatic carbocycles. The molecule has 0 aliphatic heterocycles. The van der Waals surface area contributed by atoms with Gasteiger partial charge in [0.1, 0.15) is 11.5 Å². The summed E-state index contributed by atoms with van der Waals surface area (Å²) < 4.78 is 0.844. The van der Waals surface area contributed by atoms with Crippen molar-refractivity contribution in [2.24, 2.45) is 5.84 Å². The molecule has 0 spiro atoms. The Bertz CT molecular complexity index is 540. The van der Waals surface area contributed by atoms with E-state index in [9.17, 15) is 4.79 Å². The van der Waals surface area contributed by atoms with Crippen molar-refractivity contribution >= 4 is 33.3 Å². The number of hydrogen-bond donors (Lipinski definition) is 3. The third-order valence-electron chi connectivity index (χ3n) is 2.13. The van der Waals surface area contributed by atoms with Crippen molar-refractivity contribution in [2.75, 3.05) is 10.7 Å². The Labute approximate surface area is 112 Å². The molecule has 0 saturated carbocycles. The van der Waals surface area contributed by atoms with Crippen LogP contribution in [0.3, 0.4) is 0 Å². The summed E-state index contributed by atoms with van der Waals surface area (Å²) in [4.78, 5) is 19.8. The molecule has 0 radical (unpaired) electrons. The number of rotatable bonds is 3. The Hall–Kier alpha value is -1.99. The summed E-state index contributed by atoms with van der Waals surface area (Å²) >= 11 is 3.27. The summed E-state index contributed by atoms with van der Waals surface area (Å²) in [6.45, 7) is 0. The second-order valence-electron chi connectivity index (χ2n) is 3.39. The van der Waals surface area contributed by atoms with Gasteiger partial charge in [-0.2, -0.15) is 0 Å². The van der Waals surface area contributed by atoms with Crippen LogP contribution in [0.25, 0.3) is 0 Å². The lowest BCUT2D eigenvalue weighted by Gasteiger charge is -2.04. The van der Waals surface area contributed by atoms with Crippen LogP contribution in [-0.4, -0.2) is 15.9 Å². The normalized spacial score (nSPS) is 9.89. The number of carbonyl (C=O) groups is 1. The summed E-state index contributed by atoms with van der Waals surface area (Å²) in [5.41, 5.74) is 3.36. The molecule has 0 aliphatic carbocycles. The van der Waals surface area contributed by atoms with Crippen LogP contribution in [0.15, 0.2) is 41.1 Å². The van der Waals surface area contributed by atoms with Gasteiger partial charge in [-0.05, 0) is 40.2 Å². The smallest absolute Gasteiger partial charge is 0.275 e. The first-order valence-corrected chi connectivity index (χ1v) is 5.84. The molecule has 0 unspecified atom stereocenters. The number of halogens is 1. The average Bonchev–Trinajstić information content (AvgIpc) is 2.41. The van der Waals surface area contributed by atoms with Gasteiger partial charge in [0.2, 0.25) is 0 Å². The molecule has 2 aromatic rings. The van der Waals surface area contributed by atoms with E-state index in [1.165, 1.54) is 6.20 Å². The maximum absolute atomic E-state index is 11.8. The quantitative estimate of drug-likeness (QED) is 0.593. The molecule has 0 aliphatic rings. The van der Waals surface area contributed by atoms with Gasteiger partial charge in [-0.15, -0.1) is 0 Å². The number of aromatic nitrogens is 2. The number of hydrogen-bond acceptors (Lipinski definition) is 5. The number of hydrazine groups is 1. The highest BCUT2D eigenvalue weighted by Gasteiger charge is 2.07. The van der Waals surface area contributed by atoms with E-state index < -0.39 is 0 Å². The zero-order chi connectivity index (χ0) is 13.0. The monoisotopic (exact) mass is 307 g/mol. The molecule has 2 aromatic heterocycles. The van der Waals surface area contributed by atoms with Crippen LogP contribution in [-0.2, 0) is 0 Å². The van der Waals surface area contributed by atoms with Gasteiger partial charge < -0.3 is 10.7 Å². The van der Waals surface area contributed by atoms with E-state index in [0.717, 1.165) is 4.47 Å². The topological polar surface area (TPSA) is 92.9 Å². The number of nitrogens with one attached hydrogen (secondary N) is 2. The van der Waals surface area contributed by atoms with Crippen LogP contribution in [0.1, 0.15) is 10.5 Å². The lowest BCUT2D eigenvalue weighted by molar-refractivity contribution is 0.102. The van der Waals surface area contributed by atoms with E-state index in [0.29, 0.717) is 17.2 Å². The minimum Gasteiger partial charge on any atom is -0.323 e. The first kappa shape index (κ1) is 12.5. The van der Waals surface area contributed by atoms with Crippen molar-refractivity contribution in [2.45, 2.75) is 0 Å². The number of amides is 1. The van der Waals surface area contributed by atoms with Crippen molar-refractivity contribution in [1.82, 2.24) is 9.97 Å². The molecule has 0 saturated heterocycles. The van der Waals surface area contributed by atoms with E-state index in [4.69, 9.17) is 5.84 Å². The molecule has 92 valence electrons. The molecule has 18 heavy (non-hydrogen) atoms.